The van der Waals surface area contributed by atoms with Gasteiger partial charge in [0.25, 0.3) is 0 Å². The van der Waals surface area contributed by atoms with Crippen molar-refractivity contribution in [3.8, 4) is 0 Å². The van der Waals surface area contributed by atoms with E-state index in [4.69, 9.17) is 0 Å². The number of allylic oxidation sites excluding steroid dienone is 1. The molecular weight excluding hydrogens is 123 g/mol. The average molecular weight is 128 g/mol. The number of rotatable bonds is 1. The molecule has 0 aromatic carbocycles. The van der Waals surface area contributed by atoms with Gasteiger partial charge in [0.2, 0.25) is 0 Å². The van der Waals surface area contributed by atoms with Crippen molar-refractivity contribution in [2.24, 2.45) is 0 Å². The first-order chi connectivity index (χ1) is 2.27. The smallest absolute Gasteiger partial charge is 0 e. The molecule has 0 fully saturated rings. The average Bonchev–Trinajstić information content (AvgIpc) is 1.38. The first kappa shape index (κ1) is 9.32. The van der Waals surface area contributed by atoms with E-state index < -0.39 is 0 Å². The van der Waals surface area contributed by atoms with Crippen LogP contribution in [0.5, 0.6) is 0 Å². The molecule has 0 aliphatic rings. The van der Waals surface area contributed by atoms with Gasteiger partial charge >= 0.3 is 0 Å². The molecule has 38 valence electrons. The van der Waals surface area contributed by atoms with Crippen molar-refractivity contribution in [3.05, 3.63) is 12.2 Å². The summed E-state index contributed by atoms with van der Waals surface area (Å²) in [7, 11) is 0. The maximum Gasteiger partial charge on any atom is 0 e. The van der Waals surface area contributed by atoms with Gasteiger partial charge in [0.1, 0.15) is 0 Å². The number of hydrogen-bond donors (Lipinski definition) is 0. The molecule has 0 aliphatic carbocycles. The molecule has 0 saturated heterocycles. The van der Waals surface area contributed by atoms with Gasteiger partial charge in [0.15, 0.2) is 0 Å². The van der Waals surface area contributed by atoms with Crippen molar-refractivity contribution in [1.82, 2.24) is 0 Å². The fourth-order valence-corrected chi connectivity index (χ4v) is 0. The van der Waals surface area contributed by atoms with E-state index in [0.29, 0.717) is 5.57 Å². The Balaban J connectivity index is 0. The van der Waals surface area contributed by atoms with Gasteiger partial charge in [-0.1, -0.05) is 6.92 Å². The van der Waals surface area contributed by atoms with Crippen molar-refractivity contribution in [3.63, 3.8) is 0 Å². The van der Waals surface area contributed by atoms with Gasteiger partial charge < -0.3 is 4.79 Å². The molecule has 0 rings (SSSR count). The fourth-order valence-electron chi connectivity index (χ4n) is 0. The first-order valence-electron chi connectivity index (χ1n) is 1.31. The van der Waals surface area contributed by atoms with Crippen LogP contribution in [0.3, 0.4) is 0 Å². The molecule has 0 radical (unpaired) electrons. The molecule has 1 nitrogen and oxygen atoms in total. The van der Waals surface area contributed by atoms with E-state index in [1.165, 1.54) is 0 Å². The summed E-state index contributed by atoms with van der Waals surface area (Å²) in [5.74, 6) is 0. The van der Waals surface area contributed by atoms with Crippen LogP contribution in [0.4, 0.5) is 0 Å². The molecule has 0 bridgehead atoms. The standard InChI is InChI=1S/C4H5O.Ni/c1-4(2)3-5;/h1H2,2H3;/q-1;. The fraction of sp³-hybridized carbons (Fsp3) is 0.250. The van der Waals surface area contributed by atoms with Crippen LogP contribution < -0.4 is 0 Å². The Kier molecular flexibility index (Phi) is 7.61. The predicted octanol–water partition coefficient (Wildman–Crippen LogP) is 0.670. The maximum atomic E-state index is 9.28. The molecule has 0 saturated carbocycles. The Morgan fingerprint density at radius 1 is 1.83 bits per heavy atom. The summed E-state index contributed by atoms with van der Waals surface area (Å²) < 4.78 is 0. The van der Waals surface area contributed by atoms with Gasteiger partial charge in [0, 0.05) is 16.5 Å². The van der Waals surface area contributed by atoms with E-state index in [2.05, 4.69) is 6.58 Å². The minimum absolute atomic E-state index is 0. The molecule has 0 aromatic rings. The Morgan fingerprint density at radius 2 is 2.00 bits per heavy atom. The van der Waals surface area contributed by atoms with Gasteiger partial charge in [-0.15, -0.1) is 0 Å². The molecule has 0 aromatic heterocycles. The maximum absolute atomic E-state index is 9.28. The molecule has 2 heteroatoms. The molecular formula is C4H5NiO-. The summed E-state index contributed by atoms with van der Waals surface area (Å²) in [6, 6.07) is 0. The second-order valence-electron chi connectivity index (χ2n) is 0.882. The Morgan fingerprint density at radius 3 is 2.00 bits per heavy atom. The van der Waals surface area contributed by atoms with Gasteiger partial charge in [-0.25, -0.2) is 6.58 Å². The van der Waals surface area contributed by atoms with Crippen molar-refractivity contribution >= 4 is 6.29 Å². The minimum atomic E-state index is 0. The molecule has 0 atom stereocenters. The Bertz CT molecular complexity index is 58.6. The minimum Gasteiger partial charge on any atom is -0.419 e. The van der Waals surface area contributed by atoms with Gasteiger partial charge in [-0.2, -0.15) is 5.57 Å². The van der Waals surface area contributed by atoms with Gasteiger partial charge in [0.05, 0.1) is 0 Å². The zero-order chi connectivity index (χ0) is 4.28. The van der Waals surface area contributed by atoms with Crippen molar-refractivity contribution in [1.29, 1.82) is 0 Å². The monoisotopic (exact) mass is 127 g/mol. The molecule has 0 amide bonds. The van der Waals surface area contributed by atoms with Crippen molar-refractivity contribution in [2.75, 3.05) is 0 Å². The Labute approximate surface area is 47.4 Å². The summed E-state index contributed by atoms with van der Waals surface area (Å²) in [6.45, 7) is 4.85. The van der Waals surface area contributed by atoms with Gasteiger partial charge in [-0.05, 0) is 6.29 Å². The van der Waals surface area contributed by atoms with Crippen molar-refractivity contribution in [2.45, 2.75) is 6.92 Å². The largest absolute Gasteiger partial charge is 0.419 e. The van der Waals surface area contributed by atoms with Crippen molar-refractivity contribution < 1.29 is 21.3 Å². The van der Waals surface area contributed by atoms with Gasteiger partial charge in [-0.3, -0.25) is 0 Å². The van der Waals surface area contributed by atoms with E-state index in [9.17, 15) is 4.79 Å². The van der Waals surface area contributed by atoms with E-state index in [1.807, 2.05) is 0 Å². The van der Waals surface area contributed by atoms with Crippen LogP contribution in [-0.4, -0.2) is 6.29 Å². The third-order valence-electron chi connectivity index (χ3n) is 0.174. The number of hydrogen-bond acceptors (Lipinski definition) is 1. The molecule has 0 heterocycles. The third-order valence-corrected chi connectivity index (χ3v) is 0.174. The first-order valence-corrected chi connectivity index (χ1v) is 1.31. The third kappa shape index (κ3) is 9.08. The van der Waals surface area contributed by atoms with Crippen LogP contribution >= 0.6 is 0 Å². The quantitative estimate of drug-likeness (QED) is 0.288. The number of carbonyl (C=O) groups excluding carboxylic acids is 1. The van der Waals surface area contributed by atoms with E-state index >= 15 is 0 Å². The van der Waals surface area contributed by atoms with Crippen LogP contribution in [0.15, 0.2) is 12.2 Å². The summed E-state index contributed by atoms with van der Waals surface area (Å²) in [5.41, 5.74) is 0.449. The molecule has 0 aliphatic heterocycles. The summed E-state index contributed by atoms with van der Waals surface area (Å²) in [4.78, 5) is 9.28. The van der Waals surface area contributed by atoms with E-state index in [1.54, 1.807) is 13.2 Å². The molecule has 6 heavy (non-hydrogen) atoms. The summed E-state index contributed by atoms with van der Waals surface area (Å²) >= 11 is 0. The predicted molar refractivity (Wildman–Crippen MR) is 20.5 cm³/mol. The van der Waals surface area contributed by atoms with Crippen LogP contribution in [0.2, 0.25) is 0 Å². The summed E-state index contributed by atoms with van der Waals surface area (Å²) in [6.07, 6.45) is 1.58. The topological polar surface area (TPSA) is 17.1 Å². The SMILES string of the molecule is C=C(C)[C-]=O.[Ni]. The second-order valence-corrected chi connectivity index (χ2v) is 0.882. The van der Waals surface area contributed by atoms with Crippen LogP contribution in [0.1, 0.15) is 6.92 Å². The molecule has 0 unspecified atom stereocenters. The Hall–Kier alpha value is -0.0965. The molecule has 0 N–H and O–H groups in total. The second kappa shape index (κ2) is 4.90. The van der Waals surface area contributed by atoms with Crippen LogP contribution in [0.25, 0.3) is 0 Å². The van der Waals surface area contributed by atoms with Crippen LogP contribution in [-0.2, 0) is 21.3 Å². The van der Waals surface area contributed by atoms with E-state index in [-0.39, 0.29) is 16.5 Å². The van der Waals surface area contributed by atoms with Crippen LogP contribution in [0, 0.1) is 0 Å². The van der Waals surface area contributed by atoms with E-state index in [0.717, 1.165) is 0 Å². The normalized spacial score (nSPS) is 5.50. The zero-order valence-electron chi connectivity index (χ0n) is 3.43. The molecule has 0 spiro atoms. The summed E-state index contributed by atoms with van der Waals surface area (Å²) in [5, 5.41) is 0. The zero-order valence-corrected chi connectivity index (χ0v) is 4.42.